The van der Waals surface area contributed by atoms with Gasteiger partial charge in [0.15, 0.2) is 0 Å². The van der Waals surface area contributed by atoms with Gasteiger partial charge in [-0.25, -0.2) is 4.68 Å². The van der Waals surface area contributed by atoms with Crippen LogP contribution >= 0.6 is 0 Å². The van der Waals surface area contributed by atoms with Crippen LogP contribution < -0.4 is 5.32 Å². The lowest BCUT2D eigenvalue weighted by atomic mass is 9.98. The van der Waals surface area contributed by atoms with E-state index in [2.05, 4.69) is 20.8 Å². The molecule has 0 radical (unpaired) electrons. The Morgan fingerprint density at radius 3 is 2.83 bits per heavy atom. The lowest BCUT2D eigenvalue weighted by Gasteiger charge is -2.24. The molecule has 0 saturated carbocycles. The van der Waals surface area contributed by atoms with Gasteiger partial charge in [0.2, 0.25) is 11.6 Å². The van der Waals surface area contributed by atoms with Gasteiger partial charge in [-0.2, -0.15) is 0 Å². The molecule has 0 unspecified atom stereocenters. The van der Waals surface area contributed by atoms with Gasteiger partial charge in [-0.15, -0.1) is 5.10 Å². The van der Waals surface area contributed by atoms with E-state index >= 15 is 0 Å². The van der Waals surface area contributed by atoms with E-state index in [0.29, 0.717) is 5.82 Å². The molecular weight excluding hydrogens is 158 g/mol. The lowest BCUT2D eigenvalue weighted by molar-refractivity contribution is 0.0862. The number of hydrogen-bond acceptors (Lipinski definition) is 5. The van der Waals surface area contributed by atoms with Crippen LogP contribution in [0.2, 0.25) is 0 Å². The fourth-order valence-electron chi connectivity index (χ4n) is 1.09. The minimum absolute atomic E-state index is 0.0289. The molecule has 1 N–H and O–H groups in total. The van der Waals surface area contributed by atoms with Gasteiger partial charge in [0, 0.05) is 20.1 Å². The summed E-state index contributed by atoms with van der Waals surface area (Å²) in [7, 11) is 1.67. The molecule has 64 valence electrons. The van der Waals surface area contributed by atoms with Gasteiger partial charge in [0.05, 0.1) is 5.92 Å². The maximum absolute atomic E-state index is 11.5. The smallest absolute Gasteiger partial charge is 0.218 e. The summed E-state index contributed by atoms with van der Waals surface area (Å²) in [4.78, 5) is 11.5. The summed E-state index contributed by atoms with van der Waals surface area (Å²) in [6.07, 6.45) is 0. The van der Waals surface area contributed by atoms with Crippen molar-refractivity contribution in [3.8, 4) is 0 Å². The van der Waals surface area contributed by atoms with Crippen molar-refractivity contribution >= 4 is 5.78 Å². The van der Waals surface area contributed by atoms with Gasteiger partial charge < -0.3 is 5.32 Å². The van der Waals surface area contributed by atoms with E-state index in [9.17, 15) is 4.79 Å². The predicted molar refractivity (Wildman–Crippen MR) is 39.5 cm³/mol. The Labute approximate surface area is 68.9 Å². The van der Waals surface area contributed by atoms with Gasteiger partial charge >= 0.3 is 0 Å². The summed E-state index contributed by atoms with van der Waals surface area (Å²) in [6, 6.07) is 0. The van der Waals surface area contributed by atoms with Crippen LogP contribution in [0.5, 0.6) is 0 Å². The second-order valence-electron chi connectivity index (χ2n) is 2.85. The molecule has 2 heterocycles. The largest absolute Gasteiger partial charge is 0.315 e. The van der Waals surface area contributed by atoms with Gasteiger partial charge in [-0.05, 0) is 10.4 Å². The third-order valence-corrected chi connectivity index (χ3v) is 1.99. The Bertz CT molecular complexity index is 303. The van der Waals surface area contributed by atoms with Crippen LogP contribution in [0.3, 0.4) is 0 Å². The highest BCUT2D eigenvalue weighted by atomic mass is 16.1. The van der Waals surface area contributed by atoms with Crippen LogP contribution in [0.15, 0.2) is 0 Å². The normalized spacial score (nSPS) is 17.4. The molecule has 12 heavy (non-hydrogen) atoms. The Morgan fingerprint density at radius 2 is 2.42 bits per heavy atom. The molecule has 1 fully saturated rings. The minimum atomic E-state index is 0.0289. The first kappa shape index (κ1) is 7.35. The Kier molecular flexibility index (Phi) is 1.61. The van der Waals surface area contributed by atoms with E-state index in [1.54, 1.807) is 7.05 Å². The van der Waals surface area contributed by atoms with Gasteiger partial charge in [0.25, 0.3) is 0 Å². The van der Waals surface area contributed by atoms with Gasteiger partial charge in [0.1, 0.15) is 0 Å². The molecule has 1 saturated heterocycles. The van der Waals surface area contributed by atoms with Crippen molar-refractivity contribution in [2.24, 2.45) is 13.0 Å². The number of rotatable bonds is 2. The van der Waals surface area contributed by atoms with Crippen molar-refractivity contribution in [2.75, 3.05) is 13.1 Å². The third-order valence-electron chi connectivity index (χ3n) is 1.99. The third kappa shape index (κ3) is 1.00. The molecule has 0 bridgehead atoms. The molecule has 1 aromatic heterocycles. The second-order valence-corrected chi connectivity index (χ2v) is 2.85. The highest BCUT2D eigenvalue weighted by Crippen LogP contribution is 2.08. The summed E-state index contributed by atoms with van der Waals surface area (Å²) in [5, 5.41) is 13.7. The van der Waals surface area contributed by atoms with E-state index in [1.165, 1.54) is 4.68 Å². The first-order valence-corrected chi connectivity index (χ1v) is 3.76. The molecule has 0 atom stereocenters. The first-order chi connectivity index (χ1) is 5.79. The Hall–Kier alpha value is -1.30. The molecule has 1 aromatic rings. The van der Waals surface area contributed by atoms with Gasteiger partial charge in [-0.3, -0.25) is 4.79 Å². The molecule has 1 aliphatic rings. The number of tetrazole rings is 1. The Balaban J connectivity index is 2.19. The van der Waals surface area contributed by atoms with E-state index < -0.39 is 0 Å². The average molecular weight is 167 g/mol. The summed E-state index contributed by atoms with van der Waals surface area (Å²) < 4.78 is 1.40. The van der Waals surface area contributed by atoms with Gasteiger partial charge in [-0.1, -0.05) is 0 Å². The van der Waals surface area contributed by atoms with Crippen molar-refractivity contribution < 1.29 is 4.79 Å². The zero-order valence-electron chi connectivity index (χ0n) is 6.69. The number of hydrogen-bond donors (Lipinski definition) is 1. The predicted octanol–water partition coefficient (Wildman–Crippen LogP) is -1.39. The first-order valence-electron chi connectivity index (χ1n) is 3.76. The second kappa shape index (κ2) is 2.63. The maximum Gasteiger partial charge on any atom is 0.218 e. The Morgan fingerprint density at radius 1 is 1.67 bits per heavy atom. The molecule has 2 rings (SSSR count). The molecule has 6 nitrogen and oxygen atoms in total. The van der Waals surface area contributed by atoms with Crippen LogP contribution in [-0.4, -0.2) is 39.1 Å². The molecule has 0 aromatic carbocycles. The number of carbonyl (C=O) groups excluding carboxylic acids is 1. The zero-order chi connectivity index (χ0) is 8.55. The van der Waals surface area contributed by atoms with E-state index in [1.807, 2.05) is 0 Å². The monoisotopic (exact) mass is 167 g/mol. The van der Waals surface area contributed by atoms with Crippen molar-refractivity contribution in [3.63, 3.8) is 0 Å². The fraction of sp³-hybridized carbons (Fsp3) is 0.667. The van der Waals surface area contributed by atoms with Crippen molar-refractivity contribution in [3.05, 3.63) is 5.82 Å². The van der Waals surface area contributed by atoms with Crippen molar-refractivity contribution in [2.45, 2.75) is 0 Å². The molecule has 6 heteroatoms. The number of Topliss-reactive ketones (excluding diaryl/α,β-unsaturated/α-hetero) is 1. The molecule has 1 aliphatic heterocycles. The zero-order valence-corrected chi connectivity index (χ0v) is 6.69. The number of nitrogens with zero attached hydrogens (tertiary/aromatic N) is 4. The van der Waals surface area contributed by atoms with E-state index in [0.717, 1.165) is 13.1 Å². The van der Waals surface area contributed by atoms with Crippen molar-refractivity contribution in [1.82, 2.24) is 25.5 Å². The molecule has 0 aliphatic carbocycles. The summed E-state index contributed by atoms with van der Waals surface area (Å²) in [5.41, 5.74) is 0. The quantitative estimate of drug-likeness (QED) is 0.549. The van der Waals surface area contributed by atoms with Crippen LogP contribution in [0.1, 0.15) is 10.6 Å². The van der Waals surface area contributed by atoms with Crippen LogP contribution in [0.4, 0.5) is 0 Å². The number of aryl methyl sites for hydroxylation is 1. The number of aromatic nitrogens is 4. The van der Waals surface area contributed by atoms with E-state index in [-0.39, 0.29) is 11.7 Å². The maximum atomic E-state index is 11.5. The topological polar surface area (TPSA) is 72.7 Å². The minimum Gasteiger partial charge on any atom is -0.315 e. The highest BCUT2D eigenvalue weighted by Gasteiger charge is 2.29. The van der Waals surface area contributed by atoms with Crippen LogP contribution in [-0.2, 0) is 7.05 Å². The summed E-state index contributed by atoms with van der Waals surface area (Å²) in [6.45, 7) is 1.48. The summed E-state index contributed by atoms with van der Waals surface area (Å²) >= 11 is 0. The van der Waals surface area contributed by atoms with Crippen LogP contribution in [0, 0.1) is 5.92 Å². The summed E-state index contributed by atoms with van der Waals surface area (Å²) in [5.74, 6) is 0.442. The molecule has 0 spiro atoms. The fourth-order valence-corrected chi connectivity index (χ4v) is 1.09. The molecular formula is C6H9N5O. The lowest BCUT2D eigenvalue weighted by Crippen LogP contribution is -2.47. The number of nitrogens with one attached hydrogen (secondary N) is 1. The van der Waals surface area contributed by atoms with Crippen molar-refractivity contribution in [1.29, 1.82) is 0 Å². The standard InChI is InChI=1S/C6H9N5O/c1-11-6(8-9-10-11)5(12)4-2-7-3-4/h4,7H,2-3H2,1H3. The highest BCUT2D eigenvalue weighted by molar-refractivity contribution is 5.95. The number of ketones is 1. The number of carbonyl (C=O) groups is 1. The van der Waals surface area contributed by atoms with Crippen LogP contribution in [0.25, 0.3) is 0 Å². The SMILES string of the molecule is Cn1nnnc1C(=O)C1CNC1. The molecule has 0 amide bonds. The average Bonchev–Trinajstić information content (AvgIpc) is 2.31. The van der Waals surface area contributed by atoms with E-state index in [4.69, 9.17) is 0 Å².